The second-order valence-electron chi connectivity index (χ2n) is 5.09. The molecule has 0 aromatic carbocycles. The molecule has 1 rings (SSSR count). The molecule has 0 aliphatic heterocycles. The summed E-state index contributed by atoms with van der Waals surface area (Å²) in [6.07, 6.45) is 2.84. The maximum Gasteiger partial charge on any atom is 0.328 e. The standard InChI is InChI=1S/C13H22N2O5/c1-3-20-10(16)9(2)15-12(19)14-8-13(11(17)18)6-4-5-7-13/h9H,3-8H2,1-2H3,(H,17,18)(H2,14,15,19). The minimum atomic E-state index is -0.881. The van der Waals surface area contributed by atoms with Gasteiger partial charge in [0.2, 0.25) is 0 Å². The molecular formula is C13H22N2O5. The predicted octanol–water partition coefficient (Wildman–Crippen LogP) is 0.882. The van der Waals surface area contributed by atoms with Crippen LogP contribution < -0.4 is 10.6 Å². The van der Waals surface area contributed by atoms with Gasteiger partial charge in [-0.15, -0.1) is 0 Å². The molecule has 3 N–H and O–H groups in total. The lowest BCUT2D eigenvalue weighted by molar-refractivity contribution is -0.148. The number of carboxylic acid groups (broad SMARTS) is 1. The largest absolute Gasteiger partial charge is 0.481 e. The first-order valence-electron chi connectivity index (χ1n) is 6.85. The van der Waals surface area contributed by atoms with Crippen LogP contribution in [0.2, 0.25) is 0 Å². The highest BCUT2D eigenvalue weighted by molar-refractivity contribution is 5.83. The molecule has 0 aromatic heterocycles. The van der Waals surface area contributed by atoms with Crippen molar-refractivity contribution in [3.8, 4) is 0 Å². The van der Waals surface area contributed by atoms with E-state index in [1.54, 1.807) is 6.92 Å². The van der Waals surface area contributed by atoms with Gasteiger partial charge in [0.25, 0.3) is 0 Å². The molecular weight excluding hydrogens is 264 g/mol. The third kappa shape index (κ3) is 4.11. The number of ether oxygens (including phenoxy) is 1. The van der Waals surface area contributed by atoms with Crippen molar-refractivity contribution < 1.29 is 24.2 Å². The molecule has 114 valence electrons. The summed E-state index contributed by atoms with van der Waals surface area (Å²) in [7, 11) is 0. The molecule has 1 aliphatic rings. The van der Waals surface area contributed by atoms with E-state index in [4.69, 9.17) is 4.74 Å². The molecule has 1 fully saturated rings. The fourth-order valence-corrected chi connectivity index (χ4v) is 2.34. The maximum atomic E-state index is 11.7. The van der Waals surface area contributed by atoms with E-state index in [0.717, 1.165) is 12.8 Å². The van der Waals surface area contributed by atoms with E-state index < -0.39 is 29.4 Å². The number of hydrogen-bond acceptors (Lipinski definition) is 4. The number of carbonyl (C=O) groups is 3. The Morgan fingerprint density at radius 3 is 2.40 bits per heavy atom. The fourth-order valence-electron chi connectivity index (χ4n) is 2.34. The van der Waals surface area contributed by atoms with Crippen LogP contribution in [0, 0.1) is 5.41 Å². The minimum Gasteiger partial charge on any atom is -0.481 e. The van der Waals surface area contributed by atoms with Crippen molar-refractivity contribution in [3.63, 3.8) is 0 Å². The van der Waals surface area contributed by atoms with E-state index in [1.165, 1.54) is 6.92 Å². The number of rotatable bonds is 6. The highest BCUT2D eigenvalue weighted by Gasteiger charge is 2.41. The second-order valence-corrected chi connectivity index (χ2v) is 5.09. The number of carboxylic acids is 1. The Labute approximate surface area is 118 Å². The van der Waals surface area contributed by atoms with Gasteiger partial charge in [0, 0.05) is 6.54 Å². The van der Waals surface area contributed by atoms with Gasteiger partial charge < -0.3 is 20.5 Å². The van der Waals surface area contributed by atoms with Gasteiger partial charge >= 0.3 is 18.0 Å². The summed E-state index contributed by atoms with van der Waals surface area (Å²) in [5, 5.41) is 14.2. The number of amides is 2. The number of aliphatic carboxylic acids is 1. The van der Waals surface area contributed by atoms with Crippen molar-refractivity contribution in [1.29, 1.82) is 0 Å². The van der Waals surface area contributed by atoms with Crippen molar-refractivity contribution >= 4 is 18.0 Å². The van der Waals surface area contributed by atoms with Crippen LogP contribution in [0.5, 0.6) is 0 Å². The van der Waals surface area contributed by atoms with E-state index >= 15 is 0 Å². The Kier molecular flexibility index (Phi) is 5.79. The van der Waals surface area contributed by atoms with Crippen molar-refractivity contribution in [2.24, 2.45) is 5.41 Å². The molecule has 1 unspecified atom stereocenters. The monoisotopic (exact) mass is 286 g/mol. The SMILES string of the molecule is CCOC(=O)C(C)NC(=O)NCC1(C(=O)O)CCCC1. The van der Waals surface area contributed by atoms with E-state index in [9.17, 15) is 19.5 Å². The average Bonchev–Trinajstić information content (AvgIpc) is 2.86. The zero-order valence-electron chi connectivity index (χ0n) is 11.9. The Morgan fingerprint density at radius 2 is 1.90 bits per heavy atom. The molecule has 7 heteroatoms. The van der Waals surface area contributed by atoms with Crippen molar-refractivity contribution in [2.75, 3.05) is 13.2 Å². The van der Waals surface area contributed by atoms with Crippen LogP contribution in [0.15, 0.2) is 0 Å². The third-order valence-electron chi connectivity index (χ3n) is 3.59. The molecule has 0 saturated heterocycles. The van der Waals surface area contributed by atoms with E-state index in [1.807, 2.05) is 0 Å². The van der Waals surface area contributed by atoms with Crippen LogP contribution in [0.3, 0.4) is 0 Å². The van der Waals surface area contributed by atoms with Crippen molar-refractivity contribution in [1.82, 2.24) is 10.6 Å². The molecule has 0 radical (unpaired) electrons. The summed E-state index contributed by atoms with van der Waals surface area (Å²) < 4.78 is 4.76. The molecule has 7 nitrogen and oxygen atoms in total. The van der Waals surface area contributed by atoms with Gasteiger partial charge in [-0.2, -0.15) is 0 Å². The molecule has 0 bridgehead atoms. The van der Waals surface area contributed by atoms with Crippen molar-refractivity contribution in [2.45, 2.75) is 45.6 Å². The van der Waals surface area contributed by atoms with Gasteiger partial charge in [-0.1, -0.05) is 12.8 Å². The summed E-state index contributed by atoms with van der Waals surface area (Å²) in [5.74, 6) is -1.40. The predicted molar refractivity (Wildman–Crippen MR) is 71.2 cm³/mol. The quantitative estimate of drug-likeness (QED) is 0.629. The zero-order valence-corrected chi connectivity index (χ0v) is 11.9. The van der Waals surface area contributed by atoms with Crippen LogP contribution in [0.1, 0.15) is 39.5 Å². The Balaban J connectivity index is 2.43. The van der Waals surface area contributed by atoms with Gasteiger partial charge in [-0.25, -0.2) is 9.59 Å². The smallest absolute Gasteiger partial charge is 0.328 e. The van der Waals surface area contributed by atoms with E-state index in [-0.39, 0.29) is 13.2 Å². The van der Waals surface area contributed by atoms with Crippen molar-refractivity contribution in [3.05, 3.63) is 0 Å². The number of esters is 1. The molecule has 0 heterocycles. The summed E-state index contributed by atoms with van der Waals surface area (Å²) in [6, 6.07) is -1.32. The number of nitrogens with one attached hydrogen (secondary N) is 2. The van der Waals surface area contributed by atoms with Crippen LogP contribution >= 0.6 is 0 Å². The molecule has 0 aromatic rings. The Hall–Kier alpha value is -1.79. The second kappa shape index (κ2) is 7.12. The lowest BCUT2D eigenvalue weighted by atomic mass is 9.86. The topological polar surface area (TPSA) is 105 Å². The van der Waals surface area contributed by atoms with Crippen LogP contribution in [-0.4, -0.2) is 42.3 Å². The zero-order chi connectivity index (χ0) is 15.2. The molecule has 1 atom stereocenters. The normalized spacial score (nSPS) is 18.1. The van der Waals surface area contributed by atoms with Gasteiger partial charge in [-0.3, -0.25) is 4.79 Å². The third-order valence-corrected chi connectivity index (χ3v) is 3.59. The molecule has 20 heavy (non-hydrogen) atoms. The van der Waals surface area contributed by atoms with Gasteiger partial charge in [0.15, 0.2) is 0 Å². The maximum absolute atomic E-state index is 11.7. The number of hydrogen-bond donors (Lipinski definition) is 3. The van der Waals surface area contributed by atoms with Crippen LogP contribution in [0.25, 0.3) is 0 Å². The lowest BCUT2D eigenvalue weighted by Crippen LogP contribution is -2.49. The summed E-state index contributed by atoms with van der Waals surface area (Å²) in [4.78, 5) is 34.3. The van der Waals surface area contributed by atoms with E-state index in [0.29, 0.717) is 12.8 Å². The minimum absolute atomic E-state index is 0.0731. The molecule has 1 saturated carbocycles. The van der Waals surface area contributed by atoms with Gasteiger partial charge in [0.05, 0.1) is 12.0 Å². The van der Waals surface area contributed by atoms with Crippen LogP contribution in [-0.2, 0) is 14.3 Å². The molecule has 1 aliphatic carbocycles. The summed E-state index contributed by atoms with van der Waals surface area (Å²) in [6.45, 7) is 3.51. The first kappa shape index (κ1) is 16.3. The Morgan fingerprint density at radius 1 is 1.30 bits per heavy atom. The number of urea groups is 1. The molecule has 2 amide bonds. The van der Waals surface area contributed by atoms with Crippen LogP contribution in [0.4, 0.5) is 4.79 Å². The molecule has 0 spiro atoms. The average molecular weight is 286 g/mol. The highest BCUT2D eigenvalue weighted by Crippen LogP contribution is 2.37. The van der Waals surface area contributed by atoms with Gasteiger partial charge in [-0.05, 0) is 26.7 Å². The lowest BCUT2D eigenvalue weighted by Gasteiger charge is -2.24. The highest BCUT2D eigenvalue weighted by atomic mass is 16.5. The fraction of sp³-hybridized carbons (Fsp3) is 0.769. The first-order valence-corrected chi connectivity index (χ1v) is 6.85. The number of carbonyl (C=O) groups excluding carboxylic acids is 2. The summed E-state index contributed by atoms with van der Waals surface area (Å²) >= 11 is 0. The van der Waals surface area contributed by atoms with E-state index in [2.05, 4.69) is 10.6 Å². The van der Waals surface area contributed by atoms with Gasteiger partial charge in [0.1, 0.15) is 6.04 Å². The summed E-state index contributed by atoms with van der Waals surface area (Å²) in [5.41, 5.74) is -0.871. The first-order chi connectivity index (χ1) is 9.41. The Bertz CT molecular complexity index is 377.